The van der Waals surface area contributed by atoms with Crippen LogP contribution in [0.2, 0.25) is 0 Å². The first-order valence-electron chi connectivity index (χ1n) is 9.97. The number of carbonyl (C=O) groups excluding carboxylic acids is 1. The van der Waals surface area contributed by atoms with E-state index in [-0.39, 0.29) is 21.9 Å². The van der Waals surface area contributed by atoms with Gasteiger partial charge < -0.3 is 5.32 Å². The van der Waals surface area contributed by atoms with E-state index in [9.17, 15) is 14.9 Å². The number of aromatic nitrogens is 4. The SMILES string of the molecule is CCc1nnc2sc(-c3ccc(C)c(NC(=S)NC(=O)c4cccc([N+](=O)[O-])c4C)c3)nn12. The van der Waals surface area contributed by atoms with Gasteiger partial charge >= 0.3 is 0 Å². The minimum atomic E-state index is -0.525. The smallest absolute Gasteiger partial charge is 0.273 e. The number of nitrogens with one attached hydrogen (secondary N) is 2. The number of anilines is 1. The maximum atomic E-state index is 12.7. The van der Waals surface area contributed by atoms with E-state index in [2.05, 4.69) is 25.9 Å². The van der Waals surface area contributed by atoms with Gasteiger partial charge in [-0.1, -0.05) is 36.5 Å². The Labute approximate surface area is 197 Å². The molecule has 2 aromatic carbocycles. The average Bonchev–Trinajstić information content (AvgIpc) is 3.35. The molecule has 0 unspecified atom stereocenters. The van der Waals surface area contributed by atoms with Gasteiger partial charge in [-0.3, -0.25) is 20.2 Å². The molecule has 12 heteroatoms. The monoisotopic (exact) mass is 481 g/mol. The second-order valence-electron chi connectivity index (χ2n) is 7.22. The lowest BCUT2D eigenvalue weighted by Gasteiger charge is -2.13. The van der Waals surface area contributed by atoms with E-state index in [4.69, 9.17) is 12.2 Å². The number of benzene rings is 2. The second kappa shape index (κ2) is 9.00. The molecule has 0 spiro atoms. The van der Waals surface area contributed by atoms with Crippen molar-refractivity contribution in [1.29, 1.82) is 0 Å². The number of nitro benzene ring substituents is 1. The van der Waals surface area contributed by atoms with Crippen molar-refractivity contribution >= 4 is 50.9 Å². The molecule has 0 fully saturated rings. The highest BCUT2D eigenvalue weighted by Crippen LogP contribution is 2.29. The van der Waals surface area contributed by atoms with E-state index >= 15 is 0 Å². The van der Waals surface area contributed by atoms with E-state index in [1.54, 1.807) is 4.52 Å². The van der Waals surface area contributed by atoms with Gasteiger partial charge in [0.25, 0.3) is 11.6 Å². The molecule has 0 aliphatic rings. The molecule has 0 bridgehead atoms. The molecule has 4 rings (SSSR count). The van der Waals surface area contributed by atoms with Crippen LogP contribution >= 0.6 is 23.6 Å². The highest BCUT2D eigenvalue weighted by Gasteiger charge is 2.19. The van der Waals surface area contributed by atoms with Crippen LogP contribution in [0.15, 0.2) is 36.4 Å². The van der Waals surface area contributed by atoms with E-state index in [0.29, 0.717) is 10.6 Å². The number of hydrogen-bond donors (Lipinski definition) is 2. The summed E-state index contributed by atoms with van der Waals surface area (Å²) < 4.78 is 1.74. The zero-order valence-electron chi connectivity index (χ0n) is 17.9. The number of hydrogen-bond acceptors (Lipinski definition) is 8. The Hall–Kier alpha value is -3.77. The minimum absolute atomic E-state index is 0.0811. The van der Waals surface area contributed by atoms with Crippen molar-refractivity contribution in [3.8, 4) is 10.6 Å². The molecule has 1 amide bonds. The van der Waals surface area contributed by atoms with Gasteiger partial charge in [0.05, 0.1) is 4.92 Å². The predicted molar refractivity (Wildman–Crippen MR) is 130 cm³/mol. The van der Waals surface area contributed by atoms with E-state index in [1.807, 2.05) is 32.0 Å². The Balaban J connectivity index is 1.53. The van der Waals surface area contributed by atoms with Crippen LogP contribution in [0, 0.1) is 24.0 Å². The maximum Gasteiger partial charge on any atom is 0.273 e. The van der Waals surface area contributed by atoms with Gasteiger partial charge in [0.1, 0.15) is 5.01 Å². The van der Waals surface area contributed by atoms with Crippen molar-refractivity contribution in [1.82, 2.24) is 25.1 Å². The molecule has 0 aliphatic carbocycles. The number of amides is 1. The summed E-state index contributed by atoms with van der Waals surface area (Å²) in [5, 5.41) is 30.5. The van der Waals surface area contributed by atoms with Gasteiger partial charge in [-0.05, 0) is 43.8 Å². The summed E-state index contributed by atoms with van der Waals surface area (Å²) in [6.45, 7) is 5.43. The summed E-state index contributed by atoms with van der Waals surface area (Å²) in [6, 6.07) is 10.1. The normalized spacial score (nSPS) is 10.9. The number of carbonyl (C=O) groups is 1. The molecule has 0 aliphatic heterocycles. The summed E-state index contributed by atoms with van der Waals surface area (Å²) in [5.74, 6) is 0.265. The Bertz CT molecular complexity index is 1410. The Morgan fingerprint density at radius 2 is 2.03 bits per heavy atom. The second-order valence-corrected chi connectivity index (χ2v) is 8.58. The van der Waals surface area contributed by atoms with Crippen LogP contribution in [0.4, 0.5) is 11.4 Å². The number of nitrogens with zero attached hydrogens (tertiary/aromatic N) is 5. The van der Waals surface area contributed by atoms with Crippen molar-refractivity contribution in [2.24, 2.45) is 0 Å². The van der Waals surface area contributed by atoms with Gasteiger partial charge in [-0.15, -0.1) is 10.2 Å². The summed E-state index contributed by atoms with van der Waals surface area (Å²) in [6.07, 6.45) is 0.725. The van der Waals surface area contributed by atoms with Crippen molar-refractivity contribution in [3.05, 3.63) is 69.0 Å². The lowest BCUT2D eigenvalue weighted by Crippen LogP contribution is -2.34. The molecule has 0 radical (unpaired) electrons. The molecule has 2 N–H and O–H groups in total. The fourth-order valence-electron chi connectivity index (χ4n) is 3.28. The Morgan fingerprint density at radius 3 is 2.76 bits per heavy atom. The molecule has 0 saturated carbocycles. The van der Waals surface area contributed by atoms with Crippen LogP contribution in [0.5, 0.6) is 0 Å². The van der Waals surface area contributed by atoms with Crippen LogP contribution in [0.3, 0.4) is 0 Å². The molecule has 0 saturated heterocycles. The molecule has 10 nitrogen and oxygen atoms in total. The summed E-state index contributed by atoms with van der Waals surface area (Å²) in [4.78, 5) is 24.0. The first-order chi connectivity index (χ1) is 15.8. The minimum Gasteiger partial charge on any atom is -0.332 e. The number of thiocarbonyl (C=S) groups is 1. The predicted octanol–water partition coefficient (Wildman–Crippen LogP) is 4.07. The maximum absolute atomic E-state index is 12.7. The molecular weight excluding hydrogens is 462 g/mol. The molecule has 168 valence electrons. The molecule has 2 heterocycles. The summed E-state index contributed by atoms with van der Waals surface area (Å²) in [7, 11) is 0. The third kappa shape index (κ3) is 4.43. The van der Waals surface area contributed by atoms with Gasteiger partial charge in [0, 0.05) is 34.9 Å². The van der Waals surface area contributed by atoms with Crippen LogP contribution in [-0.4, -0.2) is 35.8 Å². The van der Waals surface area contributed by atoms with Crippen LogP contribution in [0.1, 0.15) is 34.2 Å². The van der Waals surface area contributed by atoms with Crippen molar-refractivity contribution in [3.63, 3.8) is 0 Å². The van der Waals surface area contributed by atoms with Gasteiger partial charge in [-0.2, -0.15) is 9.61 Å². The Kier molecular flexibility index (Phi) is 6.11. The fraction of sp³-hybridized carbons (Fsp3) is 0.190. The summed E-state index contributed by atoms with van der Waals surface area (Å²) in [5.41, 5.74) is 2.82. The number of rotatable bonds is 5. The molecule has 0 atom stereocenters. The van der Waals surface area contributed by atoms with Crippen molar-refractivity contribution < 1.29 is 9.72 Å². The van der Waals surface area contributed by atoms with Crippen molar-refractivity contribution in [2.75, 3.05) is 5.32 Å². The lowest BCUT2D eigenvalue weighted by molar-refractivity contribution is -0.385. The fourth-order valence-corrected chi connectivity index (χ4v) is 4.33. The molecule has 4 aromatic rings. The van der Waals surface area contributed by atoms with Gasteiger partial charge in [0.2, 0.25) is 4.96 Å². The number of fused-ring (bicyclic) bond motifs is 1. The highest BCUT2D eigenvalue weighted by molar-refractivity contribution is 7.80. The van der Waals surface area contributed by atoms with Gasteiger partial charge in [-0.25, -0.2) is 0 Å². The van der Waals surface area contributed by atoms with Gasteiger partial charge in [0.15, 0.2) is 10.9 Å². The standard InChI is InChI=1S/C21H19N7O3S2/c1-4-17-24-25-21-27(17)26-19(33-21)13-9-8-11(2)15(10-13)22-20(32)23-18(29)14-6-5-7-16(12(14)3)28(30)31/h5-10H,4H2,1-3H3,(H2,22,23,29,32). The zero-order valence-corrected chi connectivity index (χ0v) is 19.6. The van der Waals surface area contributed by atoms with Crippen LogP contribution in [0.25, 0.3) is 15.5 Å². The third-order valence-electron chi connectivity index (χ3n) is 5.08. The van der Waals surface area contributed by atoms with E-state index in [1.165, 1.54) is 36.5 Å². The third-order valence-corrected chi connectivity index (χ3v) is 6.23. The molecule has 33 heavy (non-hydrogen) atoms. The largest absolute Gasteiger partial charge is 0.332 e. The van der Waals surface area contributed by atoms with E-state index in [0.717, 1.165) is 28.4 Å². The first kappa shape index (κ1) is 22.4. The number of nitro groups is 1. The topological polar surface area (TPSA) is 127 Å². The quantitative estimate of drug-likeness (QED) is 0.248. The zero-order chi connectivity index (χ0) is 23.7. The van der Waals surface area contributed by atoms with Crippen molar-refractivity contribution in [2.45, 2.75) is 27.2 Å². The molecular formula is C21H19N7O3S2. The summed E-state index contributed by atoms with van der Waals surface area (Å²) >= 11 is 6.74. The molecule has 2 aromatic heterocycles. The van der Waals surface area contributed by atoms with E-state index < -0.39 is 10.8 Å². The lowest BCUT2D eigenvalue weighted by atomic mass is 10.1. The number of aryl methyl sites for hydroxylation is 2. The highest BCUT2D eigenvalue weighted by atomic mass is 32.1. The average molecular weight is 482 g/mol. The first-order valence-corrected chi connectivity index (χ1v) is 11.2. The van der Waals surface area contributed by atoms with Crippen LogP contribution < -0.4 is 10.6 Å². The van der Waals surface area contributed by atoms with Crippen LogP contribution in [-0.2, 0) is 6.42 Å². The Morgan fingerprint density at radius 1 is 1.24 bits per heavy atom.